The Morgan fingerprint density at radius 2 is 2.11 bits per heavy atom. The van der Waals surface area contributed by atoms with Gasteiger partial charge < -0.3 is 10.5 Å². The van der Waals surface area contributed by atoms with Crippen molar-refractivity contribution in [3.05, 3.63) is 29.6 Å². The molecule has 2 rings (SSSR count). The van der Waals surface area contributed by atoms with Crippen LogP contribution in [0.5, 0.6) is 5.75 Å². The van der Waals surface area contributed by atoms with Crippen molar-refractivity contribution >= 4 is 5.78 Å². The molecule has 1 aliphatic rings. The van der Waals surface area contributed by atoms with E-state index in [4.69, 9.17) is 10.5 Å². The number of hydrogen-bond donors (Lipinski definition) is 1. The minimum atomic E-state index is -0.427. The molecule has 0 radical (unpaired) electrons. The van der Waals surface area contributed by atoms with Crippen molar-refractivity contribution in [1.82, 2.24) is 0 Å². The summed E-state index contributed by atoms with van der Waals surface area (Å²) in [5.41, 5.74) is 6.30. The third kappa shape index (κ3) is 2.53. The second-order valence-electron chi connectivity index (χ2n) is 4.76. The van der Waals surface area contributed by atoms with Crippen molar-refractivity contribution in [3.8, 4) is 5.75 Å². The molecular weight excluding hydrogens is 233 g/mol. The number of rotatable bonds is 3. The summed E-state index contributed by atoms with van der Waals surface area (Å²) in [4.78, 5) is 12.4. The Bertz CT molecular complexity index is 447. The first-order chi connectivity index (χ1) is 8.63. The Labute approximate surface area is 106 Å². The first kappa shape index (κ1) is 13.0. The summed E-state index contributed by atoms with van der Waals surface area (Å²) < 4.78 is 18.4. The van der Waals surface area contributed by atoms with Gasteiger partial charge in [-0.3, -0.25) is 4.79 Å². The highest BCUT2D eigenvalue weighted by Crippen LogP contribution is 2.30. The minimum Gasteiger partial charge on any atom is -0.496 e. The maximum Gasteiger partial charge on any atom is 0.171 e. The molecule has 1 aromatic carbocycles. The number of carbonyl (C=O) groups is 1. The fraction of sp³-hybridized carbons (Fsp3) is 0.500. The van der Waals surface area contributed by atoms with Gasteiger partial charge in [-0.25, -0.2) is 4.39 Å². The maximum atomic E-state index is 13.3. The van der Waals surface area contributed by atoms with Gasteiger partial charge in [0, 0.05) is 12.0 Å². The molecule has 2 atom stereocenters. The summed E-state index contributed by atoms with van der Waals surface area (Å²) in [5.74, 6) is -0.323. The van der Waals surface area contributed by atoms with Gasteiger partial charge >= 0.3 is 0 Å². The van der Waals surface area contributed by atoms with E-state index < -0.39 is 5.82 Å². The largest absolute Gasteiger partial charge is 0.496 e. The molecule has 0 bridgehead atoms. The van der Waals surface area contributed by atoms with Crippen LogP contribution in [0, 0.1) is 11.7 Å². The number of benzene rings is 1. The molecule has 0 amide bonds. The monoisotopic (exact) mass is 251 g/mol. The molecular formula is C14H18FNO2. The average Bonchev–Trinajstić information content (AvgIpc) is 2.38. The van der Waals surface area contributed by atoms with Crippen LogP contribution < -0.4 is 10.5 Å². The summed E-state index contributed by atoms with van der Waals surface area (Å²) in [6, 6.07) is 3.88. The van der Waals surface area contributed by atoms with Crippen LogP contribution in [0.15, 0.2) is 18.2 Å². The van der Waals surface area contributed by atoms with E-state index in [-0.39, 0.29) is 17.7 Å². The summed E-state index contributed by atoms with van der Waals surface area (Å²) >= 11 is 0. The van der Waals surface area contributed by atoms with E-state index >= 15 is 0 Å². The summed E-state index contributed by atoms with van der Waals surface area (Å²) in [6.45, 7) is 0. The third-order valence-electron chi connectivity index (χ3n) is 3.58. The molecule has 2 N–H and O–H groups in total. The van der Waals surface area contributed by atoms with Gasteiger partial charge in [0.25, 0.3) is 0 Å². The van der Waals surface area contributed by atoms with Gasteiger partial charge in [0.2, 0.25) is 0 Å². The molecule has 0 aromatic heterocycles. The van der Waals surface area contributed by atoms with Crippen molar-refractivity contribution in [3.63, 3.8) is 0 Å². The zero-order chi connectivity index (χ0) is 13.1. The summed E-state index contributed by atoms with van der Waals surface area (Å²) in [5, 5.41) is 0. The lowest BCUT2D eigenvalue weighted by molar-refractivity contribution is 0.0867. The molecule has 1 saturated carbocycles. The first-order valence-corrected chi connectivity index (χ1v) is 6.27. The van der Waals surface area contributed by atoms with E-state index in [1.54, 1.807) is 0 Å². The average molecular weight is 251 g/mol. The molecule has 0 saturated heterocycles. The van der Waals surface area contributed by atoms with Crippen LogP contribution in [0.25, 0.3) is 0 Å². The molecule has 4 heteroatoms. The van der Waals surface area contributed by atoms with Crippen LogP contribution in [0.2, 0.25) is 0 Å². The van der Waals surface area contributed by atoms with Gasteiger partial charge in [0.15, 0.2) is 5.78 Å². The van der Waals surface area contributed by atoms with E-state index in [2.05, 4.69) is 0 Å². The number of hydrogen-bond acceptors (Lipinski definition) is 3. The van der Waals surface area contributed by atoms with Gasteiger partial charge in [-0.05, 0) is 31.0 Å². The van der Waals surface area contributed by atoms with Crippen LogP contribution in [-0.4, -0.2) is 18.9 Å². The zero-order valence-corrected chi connectivity index (χ0v) is 10.5. The maximum absolute atomic E-state index is 13.3. The molecule has 3 nitrogen and oxygen atoms in total. The number of carbonyl (C=O) groups excluding carboxylic acids is 1. The fourth-order valence-corrected chi connectivity index (χ4v) is 2.56. The lowest BCUT2D eigenvalue weighted by Gasteiger charge is -2.27. The standard InChI is InChI=1S/C14H18FNO2/c1-18-13-7-6-9(15)8-11(13)14(17)10-4-2-3-5-12(10)16/h6-8,10,12H,2-5,16H2,1H3. The van der Waals surface area contributed by atoms with E-state index in [9.17, 15) is 9.18 Å². The molecule has 18 heavy (non-hydrogen) atoms. The number of Topliss-reactive ketones (excluding diaryl/α,β-unsaturated/α-hetero) is 1. The van der Waals surface area contributed by atoms with Crippen LogP contribution in [0.3, 0.4) is 0 Å². The van der Waals surface area contributed by atoms with Crippen LogP contribution >= 0.6 is 0 Å². The molecule has 0 spiro atoms. The van der Waals surface area contributed by atoms with Crippen molar-refractivity contribution in [2.75, 3.05) is 7.11 Å². The predicted octanol–water partition coefficient (Wildman–Crippen LogP) is 2.53. The fourth-order valence-electron chi connectivity index (χ4n) is 2.56. The van der Waals surface area contributed by atoms with Gasteiger partial charge in [-0.15, -0.1) is 0 Å². The number of halogens is 1. The Morgan fingerprint density at radius 1 is 1.39 bits per heavy atom. The highest BCUT2D eigenvalue weighted by Gasteiger charge is 2.30. The summed E-state index contributed by atoms with van der Waals surface area (Å²) in [7, 11) is 1.48. The lowest BCUT2D eigenvalue weighted by Crippen LogP contribution is -2.38. The Balaban J connectivity index is 2.29. The SMILES string of the molecule is COc1ccc(F)cc1C(=O)C1CCCCC1N. The smallest absolute Gasteiger partial charge is 0.171 e. The lowest BCUT2D eigenvalue weighted by atomic mass is 9.80. The topological polar surface area (TPSA) is 52.3 Å². The quantitative estimate of drug-likeness (QED) is 0.840. The van der Waals surface area contributed by atoms with E-state index in [0.717, 1.165) is 25.7 Å². The molecule has 2 unspecified atom stereocenters. The third-order valence-corrected chi connectivity index (χ3v) is 3.58. The first-order valence-electron chi connectivity index (χ1n) is 6.27. The second-order valence-corrected chi connectivity index (χ2v) is 4.76. The minimum absolute atomic E-state index is 0.0986. The molecule has 1 aromatic rings. The van der Waals surface area contributed by atoms with Crippen LogP contribution in [-0.2, 0) is 0 Å². The Morgan fingerprint density at radius 3 is 2.78 bits per heavy atom. The predicted molar refractivity (Wildman–Crippen MR) is 67.2 cm³/mol. The number of nitrogens with two attached hydrogens (primary N) is 1. The van der Waals surface area contributed by atoms with Crippen LogP contribution in [0.4, 0.5) is 4.39 Å². The highest BCUT2D eigenvalue weighted by atomic mass is 19.1. The number of methoxy groups -OCH3 is 1. The summed E-state index contributed by atoms with van der Waals surface area (Å²) in [6.07, 6.45) is 3.70. The van der Waals surface area contributed by atoms with Gasteiger partial charge in [-0.1, -0.05) is 12.8 Å². The molecule has 1 fully saturated rings. The number of ether oxygens (including phenoxy) is 1. The van der Waals surface area contributed by atoms with Gasteiger partial charge in [-0.2, -0.15) is 0 Å². The molecule has 0 aliphatic heterocycles. The number of ketones is 1. The van der Waals surface area contributed by atoms with E-state index in [0.29, 0.717) is 11.3 Å². The van der Waals surface area contributed by atoms with Crippen molar-refractivity contribution in [2.24, 2.45) is 11.7 Å². The van der Waals surface area contributed by atoms with Gasteiger partial charge in [0.05, 0.1) is 12.7 Å². The Kier molecular flexibility index (Phi) is 3.97. The van der Waals surface area contributed by atoms with E-state index in [1.165, 1.54) is 25.3 Å². The van der Waals surface area contributed by atoms with Crippen LogP contribution in [0.1, 0.15) is 36.0 Å². The van der Waals surface area contributed by atoms with Crippen molar-refractivity contribution in [2.45, 2.75) is 31.7 Å². The second kappa shape index (κ2) is 5.48. The van der Waals surface area contributed by atoms with Crippen molar-refractivity contribution < 1.29 is 13.9 Å². The highest BCUT2D eigenvalue weighted by molar-refractivity contribution is 6.00. The normalized spacial score (nSPS) is 23.7. The molecule has 1 aliphatic carbocycles. The Hall–Kier alpha value is -1.42. The van der Waals surface area contributed by atoms with E-state index in [1.807, 2.05) is 0 Å². The molecule has 98 valence electrons. The van der Waals surface area contributed by atoms with Gasteiger partial charge in [0.1, 0.15) is 11.6 Å². The van der Waals surface area contributed by atoms with Crippen molar-refractivity contribution in [1.29, 1.82) is 0 Å². The molecule has 0 heterocycles. The zero-order valence-electron chi connectivity index (χ0n) is 10.5.